The van der Waals surface area contributed by atoms with E-state index in [2.05, 4.69) is 19.7 Å². The molecule has 46 valence electrons. The highest BCUT2D eigenvalue weighted by molar-refractivity contribution is 4.51. The van der Waals surface area contributed by atoms with Gasteiger partial charge in [0.1, 0.15) is 0 Å². The summed E-state index contributed by atoms with van der Waals surface area (Å²) in [6.07, 6.45) is 1.75. The maximum atomic E-state index is 3.36. The van der Waals surface area contributed by atoms with Crippen LogP contribution >= 0.6 is 0 Å². The van der Waals surface area contributed by atoms with Gasteiger partial charge in [-0.05, 0) is 6.92 Å². The molecule has 0 heterocycles. The second kappa shape index (κ2) is 653. The molecule has 0 atom stereocenters. The molecule has 2 heteroatoms. The predicted molar refractivity (Wildman–Crippen MR) is 37.2 cm³/mol. The van der Waals surface area contributed by atoms with Crippen LogP contribution in [0.3, 0.4) is 0 Å². The van der Waals surface area contributed by atoms with E-state index in [0.717, 1.165) is 0 Å². The van der Waals surface area contributed by atoms with E-state index in [0.29, 0.717) is 0 Å². The summed E-state index contributed by atoms with van der Waals surface area (Å²) in [6.45, 7) is 11.2. The molecule has 0 saturated carbocycles. The van der Waals surface area contributed by atoms with Crippen molar-refractivity contribution in [1.29, 1.82) is 0 Å². The standard InChI is InChI=1S/C3H6.C2H4.2H3N/c1-3-2;1-2;;/h3H,1H2,2H3;1-2H2;2*1H3. The molecule has 0 bridgehead atoms. The fourth-order valence-electron chi connectivity index (χ4n) is 0. The number of hydrogen-bond acceptors (Lipinski definition) is 2. The maximum Gasteiger partial charge on any atom is -0.0473 e. The number of hydrogen-bond donors (Lipinski definition) is 2. The van der Waals surface area contributed by atoms with Crippen LogP contribution in [0.15, 0.2) is 25.8 Å². The molecule has 0 radical (unpaired) electrons. The van der Waals surface area contributed by atoms with Crippen LogP contribution in [0, 0.1) is 0 Å². The first-order valence-electron chi connectivity index (χ1n) is 1.49. The summed E-state index contributed by atoms with van der Waals surface area (Å²) in [6, 6.07) is 0. The zero-order valence-electron chi connectivity index (χ0n) is 5.11. The Bertz CT molecular complexity index is 20.0. The predicted octanol–water partition coefficient (Wildman–Crippen LogP) is 2.32. The molecule has 0 amide bonds. The highest BCUT2D eigenvalue weighted by atomic mass is 14.0. The van der Waals surface area contributed by atoms with Crippen LogP contribution < -0.4 is 12.3 Å². The largest absolute Gasteiger partial charge is 0.344 e. The van der Waals surface area contributed by atoms with Crippen LogP contribution in [-0.2, 0) is 0 Å². The van der Waals surface area contributed by atoms with E-state index in [1.165, 1.54) is 0 Å². The molecule has 0 aliphatic heterocycles. The maximum absolute atomic E-state index is 3.36. The van der Waals surface area contributed by atoms with Gasteiger partial charge in [-0.2, -0.15) is 0 Å². The molecule has 0 aliphatic rings. The Kier molecular flexibility index (Phi) is 3020. The van der Waals surface area contributed by atoms with Crippen LogP contribution in [-0.4, -0.2) is 0 Å². The summed E-state index contributed by atoms with van der Waals surface area (Å²) >= 11 is 0. The quantitative estimate of drug-likeness (QED) is 0.463. The lowest BCUT2D eigenvalue weighted by Crippen LogP contribution is -1.07. The van der Waals surface area contributed by atoms with E-state index in [1.807, 2.05) is 6.92 Å². The van der Waals surface area contributed by atoms with E-state index in [-0.39, 0.29) is 12.3 Å². The summed E-state index contributed by atoms with van der Waals surface area (Å²) in [4.78, 5) is 0. The molecular weight excluding hydrogens is 88.1 g/mol. The van der Waals surface area contributed by atoms with Crippen molar-refractivity contribution in [3.63, 3.8) is 0 Å². The summed E-state index contributed by atoms with van der Waals surface area (Å²) in [7, 11) is 0. The van der Waals surface area contributed by atoms with E-state index in [1.54, 1.807) is 6.08 Å². The SMILES string of the molecule is C=C.C=CC.N.N. The smallest absolute Gasteiger partial charge is 0.0473 e. The fourth-order valence-corrected chi connectivity index (χ4v) is 0. The normalized spacial score (nSPS) is 2.43. The molecule has 2 nitrogen and oxygen atoms in total. The molecule has 0 aromatic rings. The minimum Gasteiger partial charge on any atom is -0.344 e. The van der Waals surface area contributed by atoms with E-state index >= 15 is 0 Å². The molecule has 0 fully saturated rings. The van der Waals surface area contributed by atoms with Crippen LogP contribution in [0.4, 0.5) is 0 Å². The van der Waals surface area contributed by atoms with Crippen molar-refractivity contribution in [2.75, 3.05) is 0 Å². The third-order valence-corrected chi connectivity index (χ3v) is 0. The first kappa shape index (κ1) is 32.4. The van der Waals surface area contributed by atoms with Crippen molar-refractivity contribution < 1.29 is 0 Å². The molecule has 0 unspecified atom stereocenters. The van der Waals surface area contributed by atoms with Gasteiger partial charge in [0.05, 0.1) is 0 Å². The zero-order chi connectivity index (χ0) is 4.71. The summed E-state index contributed by atoms with van der Waals surface area (Å²) in [5, 5.41) is 0. The average molecular weight is 104 g/mol. The summed E-state index contributed by atoms with van der Waals surface area (Å²) in [5.74, 6) is 0. The Balaban J connectivity index is -0.0000000105. The lowest BCUT2D eigenvalue weighted by molar-refractivity contribution is 1.80. The van der Waals surface area contributed by atoms with Gasteiger partial charge in [-0.3, -0.25) is 0 Å². The second-order valence-electron chi connectivity index (χ2n) is 0.408. The topological polar surface area (TPSA) is 70.0 Å². The molecule has 0 aromatic carbocycles. The highest BCUT2D eigenvalue weighted by Gasteiger charge is 1.15. The van der Waals surface area contributed by atoms with Crippen molar-refractivity contribution in [2.24, 2.45) is 0 Å². The molecule has 0 spiro atoms. The summed E-state index contributed by atoms with van der Waals surface area (Å²) in [5.41, 5.74) is 0. The van der Waals surface area contributed by atoms with Gasteiger partial charge in [-0.1, -0.05) is 6.08 Å². The van der Waals surface area contributed by atoms with Gasteiger partial charge in [0.2, 0.25) is 0 Å². The van der Waals surface area contributed by atoms with Gasteiger partial charge >= 0.3 is 0 Å². The van der Waals surface area contributed by atoms with Crippen LogP contribution in [0.2, 0.25) is 0 Å². The van der Waals surface area contributed by atoms with Gasteiger partial charge in [0.15, 0.2) is 0 Å². The van der Waals surface area contributed by atoms with Crippen molar-refractivity contribution in [1.82, 2.24) is 12.3 Å². The van der Waals surface area contributed by atoms with Crippen molar-refractivity contribution in [3.8, 4) is 0 Å². The number of rotatable bonds is 0. The van der Waals surface area contributed by atoms with Crippen molar-refractivity contribution in [2.45, 2.75) is 6.92 Å². The van der Waals surface area contributed by atoms with Gasteiger partial charge in [-0.25, -0.2) is 0 Å². The van der Waals surface area contributed by atoms with E-state index in [9.17, 15) is 0 Å². The van der Waals surface area contributed by atoms with Crippen molar-refractivity contribution >= 4 is 0 Å². The highest BCUT2D eigenvalue weighted by Crippen LogP contribution is 1.38. The van der Waals surface area contributed by atoms with Gasteiger partial charge in [-0.15, -0.1) is 19.7 Å². The minimum atomic E-state index is 0. The Labute approximate surface area is 46.1 Å². The third kappa shape index (κ3) is 173. The summed E-state index contributed by atoms with van der Waals surface area (Å²) < 4.78 is 0. The lowest BCUT2D eigenvalue weighted by atomic mass is 10.8. The Morgan fingerprint density at radius 2 is 1.14 bits per heavy atom. The van der Waals surface area contributed by atoms with Crippen LogP contribution in [0.1, 0.15) is 6.92 Å². The first-order valence-corrected chi connectivity index (χ1v) is 1.49. The minimum absolute atomic E-state index is 0. The van der Waals surface area contributed by atoms with Gasteiger partial charge in [0.25, 0.3) is 0 Å². The molecule has 0 saturated heterocycles. The van der Waals surface area contributed by atoms with E-state index in [4.69, 9.17) is 0 Å². The van der Waals surface area contributed by atoms with Crippen LogP contribution in [0.5, 0.6) is 0 Å². The Morgan fingerprint density at radius 3 is 1.14 bits per heavy atom. The monoisotopic (exact) mass is 104 g/mol. The third-order valence-electron chi connectivity index (χ3n) is 0. The molecule has 0 aromatic heterocycles. The van der Waals surface area contributed by atoms with Gasteiger partial charge in [0, 0.05) is 0 Å². The Morgan fingerprint density at radius 1 is 1.14 bits per heavy atom. The number of allylic oxidation sites excluding steroid dienone is 1. The lowest BCUT2D eigenvalue weighted by Gasteiger charge is -1.31. The molecular formula is C5H16N2. The molecule has 6 N–H and O–H groups in total. The molecule has 7 heavy (non-hydrogen) atoms. The first-order chi connectivity index (χ1) is 2.41. The fraction of sp³-hybridized carbons (Fsp3) is 0.200. The van der Waals surface area contributed by atoms with Crippen LogP contribution in [0.25, 0.3) is 0 Å². The van der Waals surface area contributed by atoms with Crippen molar-refractivity contribution in [3.05, 3.63) is 25.8 Å². The average Bonchev–Trinajstić information content (AvgIpc) is 1.46. The van der Waals surface area contributed by atoms with E-state index < -0.39 is 0 Å². The zero-order valence-corrected chi connectivity index (χ0v) is 5.11. The second-order valence-corrected chi connectivity index (χ2v) is 0.408. The van der Waals surface area contributed by atoms with Gasteiger partial charge < -0.3 is 12.3 Å². The molecule has 0 aliphatic carbocycles. The Hall–Kier alpha value is -0.600. The molecule has 0 rings (SSSR count).